The number of hydrogen-bond donors (Lipinski definition) is 1. The van der Waals surface area contributed by atoms with Crippen LogP contribution in [-0.2, 0) is 6.54 Å². The molecule has 0 aliphatic heterocycles. The maximum Gasteiger partial charge on any atom is 0.311 e. The number of rotatable bonds is 6. The highest BCUT2D eigenvalue weighted by Crippen LogP contribution is 2.22. The molecule has 0 spiro atoms. The van der Waals surface area contributed by atoms with Crippen molar-refractivity contribution in [2.24, 2.45) is 5.92 Å². The molecular formula is C13H17N5O2. The number of imidazole rings is 1. The molecule has 0 radical (unpaired) electrons. The molecule has 2 rings (SSSR count). The number of aryl methyl sites for hydroxylation is 1. The van der Waals surface area contributed by atoms with Gasteiger partial charge in [0.05, 0.1) is 11.3 Å². The molecule has 20 heavy (non-hydrogen) atoms. The van der Waals surface area contributed by atoms with Crippen LogP contribution in [0.15, 0.2) is 31.0 Å². The summed E-state index contributed by atoms with van der Waals surface area (Å²) >= 11 is 0. The van der Waals surface area contributed by atoms with Gasteiger partial charge in [-0.1, -0.05) is 6.92 Å². The third-order valence-corrected chi connectivity index (χ3v) is 2.90. The van der Waals surface area contributed by atoms with Gasteiger partial charge in [-0.2, -0.15) is 0 Å². The normalized spacial score (nSPS) is 12.1. The summed E-state index contributed by atoms with van der Waals surface area (Å²) in [5.74, 6) is 0.616. The van der Waals surface area contributed by atoms with Crippen LogP contribution in [0.4, 0.5) is 11.5 Å². The third-order valence-electron chi connectivity index (χ3n) is 2.90. The zero-order chi connectivity index (χ0) is 14.5. The van der Waals surface area contributed by atoms with Gasteiger partial charge in [0, 0.05) is 37.7 Å². The minimum absolute atomic E-state index is 0.0137. The van der Waals surface area contributed by atoms with Crippen molar-refractivity contribution in [3.05, 3.63) is 46.7 Å². The van der Waals surface area contributed by atoms with Crippen LogP contribution in [0, 0.1) is 23.0 Å². The molecule has 0 saturated carbocycles. The molecule has 1 N–H and O–H groups in total. The maximum absolute atomic E-state index is 11.0. The number of anilines is 1. The summed E-state index contributed by atoms with van der Waals surface area (Å²) in [7, 11) is 0. The Bertz CT molecular complexity index is 582. The predicted octanol–water partition coefficient (Wildman–Crippen LogP) is 2.24. The molecule has 1 atom stereocenters. The first-order valence-corrected chi connectivity index (χ1v) is 6.37. The Kier molecular flexibility index (Phi) is 4.29. The highest BCUT2D eigenvalue weighted by Gasteiger charge is 2.15. The fourth-order valence-corrected chi connectivity index (χ4v) is 1.92. The van der Waals surface area contributed by atoms with Crippen molar-refractivity contribution < 1.29 is 4.92 Å². The largest absolute Gasteiger partial charge is 0.364 e. The minimum atomic E-state index is -0.414. The highest BCUT2D eigenvalue weighted by atomic mass is 16.6. The SMILES string of the molecule is Cc1cnc(NCC(C)Cn2ccnc2)c([N+](=O)[O-])c1. The van der Waals surface area contributed by atoms with Crippen molar-refractivity contribution in [1.29, 1.82) is 0 Å². The second-order valence-electron chi connectivity index (χ2n) is 4.88. The van der Waals surface area contributed by atoms with E-state index in [2.05, 4.69) is 22.2 Å². The Morgan fingerprint density at radius 1 is 1.55 bits per heavy atom. The Labute approximate surface area is 116 Å². The lowest BCUT2D eigenvalue weighted by Crippen LogP contribution is -2.17. The first-order valence-electron chi connectivity index (χ1n) is 6.37. The number of hydrogen-bond acceptors (Lipinski definition) is 5. The van der Waals surface area contributed by atoms with Crippen LogP contribution in [0.5, 0.6) is 0 Å². The van der Waals surface area contributed by atoms with Crippen LogP contribution in [0.2, 0.25) is 0 Å². The van der Waals surface area contributed by atoms with E-state index in [0.717, 1.165) is 12.1 Å². The van der Waals surface area contributed by atoms with E-state index in [9.17, 15) is 10.1 Å². The Balaban J connectivity index is 1.98. The monoisotopic (exact) mass is 275 g/mol. The van der Waals surface area contributed by atoms with Gasteiger partial charge in [0.1, 0.15) is 0 Å². The standard InChI is InChI=1S/C13H17N5O2/c1-10-5-12(18(19)20)13(15-6-10)16-7-11(2)8-17-4-3-14-9-17/h3-6,9,11H,7-8H2,1-2H3,(H,15,16). The van der Waals surface area contributed by atoms with Gasteiger partial charge in [-0.05, 0) is 18.4 Å². The average Bonchev–Trinajstić information content (AvgIpc) is 2.90. The molecule has 2 heterocycles. The second kappa shape index (κ2) is 6.14. The van der Waals surface area contributed by atoms with Crippen LogP contribution in [0.1, 0.15) is 12.5 Å². The van der Waals surface area contributed by atoms with Crippen LogP contribution in [0.3, 0.4) is 0 Å². The molecule has 0 fully saturated rings. The molecule has 0 amide bonds. The number of nitro groups is 1. The molecular weight excluding hydrogens is 258 g/mol. The quantitative estimate of drug-likeness (QED) is 0.645. The van der Waals surface area contributed by atoms with Crippen molar-refractivity contribution in [2.45, 2.75) is 20.4 Å². The Morgan fingerprint density at radius 2 is 2.35 bits per heavy atom. The lowest BCUT2D eigenvalue weighted by atomic mass is 10.2. The van der Waals surface area contributed by atoms with Crippen molar-refractivity contribution in [1.82, 2.24) is 14.5 Å². The van der Waals surface area contributed by atoms with E-state index in [1.54, 1.807) is 25.6 Å². The molecule has 106 valence electrons. The molecule has 7 heteroatoms. The van der Waals surface area contributed by atoms with Gasteiger partial charge in [0.15, 0.2) is 0 Å². The summed E-state index contributed by atoms with van der Waals surface area (Å²) in [6, 6.07) is 1.52. The number of nitrogens with zero attached hydrogens (tertiary/aromatic N) is 4. The fraction of sp³-hybridized carbons (Fsp3) is 0.385. The average molecular weight is 275 g/mol. The first-order chi connectivity index (χ1) is 9.56. The zero-order valence-electron chi connectivity index (χ0n) is 11.5. The number of pyridine rings is 1. The van der Waals surface area contributed by atoms with E-state index < -0.39 is 4.92 Å². The van der Waals surface area contributed by atoms with E-state index in [1.807, 2.05) is 10.8 Å². The van der Waals surface area contributed by atoms with Gasteiger partial charge in [-0.25, -0.2) is 9.97 Å². The van der Waals surface area contributed by atoms with Gasteiger partial charge in [-0.3, -0.25) is 10.1 Å². The number of nitrogens with one attached hydrogen (secondary N) is 1. The van der Waals surface area contributed by atoms with Crippen molar-refractivity contribution in [3.8, 4) is 0 Å². The van der Waals surface area contributed by atoms with Crippen molar-refractivity contribution in [3.63, 3.8) is 0 Å². The summed E-state index contributed by atoms with van der Waals surface area (Å²) in [6.07, 6.45) is 6.99. The summed E-state index contributed by atoms with van der Waals surface area (Å²) in [5, 5.41) is 14.0. The first kappa shape index (κ1) is 14.0. The summed E-state index contributed by atoms with van der Waals surface area (Å²) in [4.78, 5) is 18.7. The fourth-order valence-electron chi connectivity index (χ4n) is 1.92. The van der Waals surface area contributed by atoms with E-state index in [-0.39, 0.29) is 5.69 Å². The molecule has 2 aromatic heterocycles. The van der Waals surface area contributed by atoms with Gasteiger partial charge in [0.25, 0.3) is 0 Å². The van der Waals surface area contributed by atoms with Crippen molar-refractivity contribution >= 4 is 11.5 Å². The summed E-state index contributed by atoms with van der Waals surface area (Å²) in [6.45, 7) is 5.25. The molecule has 7 nitrogen and oxygen atoms in total. The van der Waals surface area contributed by atoms with Crippen LogP contribution < -0.4 is 5.32 Å². The summed E-state index contributed by atoms with van der Waals surface area (Å²) < 4.78 is 1.98. The lowest BCUT2D eigenvalue weighted by molar-refractivity contribution is -0.384. The van der Waals surface area contributed by atoms with E-state index in [1.165, 1.54) is 6.07 Å². The van der Waals surface area contributed by atoms with Gasteiger partial charge < -0.3 is 9.88 Å². The smallest absolute Gasteiger partial charge is 0.311 e. The maximum atomic E-state index is 11.0. The van der Waals surface area contributed by atoms with Gasteiger partial charge in [-0.15, -0.1) is 0 Å². The molecule has 0 aromatic carbocycles. The topological polar surface area (TPSA) is 85.9 Å². The minimum Gasteiger partial charge on any atom is -0.364 e. The van der Waals surface area contributed by atoms with E-state index in [0.29, 0.717) is 18.3 Å². The molecule has 0 aliphatic carbocycles. The van der Waals surface area contributed by atoms with Gasteiger partial charge in [0.2, 0.25) is 5.82 Å². The Morgan fingerprint density at radius 3 is 3.00 bits per heavy atom. The molecule has 0 aliphatic rings. The van der Waals surface area contributed by atoms with Gasteiger partial charge >= 0.3 is 5.69 Å². The zero-order valence-corrected chi connectivity index (χ0v) is 11.5. The molecule has 2 aromatic rings. The number of aromatic nitrogens is 3. The van der Waals surface area contributed by atoms with Crippen LogP contribution in [0.25, 0.3) is 0 Å². The third kappa shape index (κ3) is 3.53. The van der Waals surface area contributed by atoms with Crippen molar-refractivity contribution in [2.75, 3.05) is 11.9 Å². The molecule has 0 bridgehead atoms. The van der Waals surface area contributed by atoms with E-state index in [4.69, 9.17) is 0 Å². The van der Waals surface area contributed by atoms with E-state index >= 15 is 0 Å². The lowest BCUT2D eigenvalue weighted by Gasteiger charge is -2.13. The second-order valence-corrected chi connectivity index (χ2v) is 4.88. The highest BCUT2D eigenvalue weighted by molar-refractivity contribution is 5.56. The summed E-state index contributed by atoms with van der Waals surface area (Å²) in [5.41, 5.74) is 0.786. The molecule has 1 unspecified atom stereocenters. The molecule has 0 saturated heterocycles. The Hall–Kier alpha value is -2.44. The predicted molar refractivity (Wildman–Crippen MR) is 75.5 cm³/mol. The van der Waals surface area contributed by atoms with Crippen LogP contribution in [-0.4, -0.2) is 26.0 Å². The van der Waals surface area contributed by atoms with Crippen LogP contribution >= 0.6 is 0 Å².